The van der Waals surface area contributed by atoms with Crippen molar-refractivity contribution in [2.24, 2.45) is 0 Å². The van der Waals surface area contributed by atoms with E-state index >= 15 is 0 Å². The van der Waals surface area contributed by atoms with Crippen LogP contribution in [0.1, 0.15) is 24.3 Å². The van der Waals surface area contributed by atoms with Crippen molar-refractivity contribution in [2.45, 2.75) is 18.8 Å². The van der Waals surface area contributed by atoms with E-state index in [4.69, 9.17) is 10.2 Å². The summed E-state index contributed by atoms with van der Waals surface area (Å²) in [5, 5.41) is 17.4. The van der Waals surface area contributed by atoms with Gasteiger partial charge in [-0.1, -0.05) is 78.9 Å². The minimum atomic E-state index is 0.0758. The number of rotatable bonds is 9. The number of aliphatic hydroxyl groups excluding tert-OH is 2. The molecule has 0 atom stereocenters. The molecule has 0 aliphatic rings. The molecule has 0 radical (unpaired) electrons. The number of allylic oxidation sites excluding steroid dienone is 6. The number of aliphatic hydroxyl groups is 2. The van der Waals surface area contributed by atoms with Gasteiger partial charge >= 0.3 is 0 Å². The highest BCUT2D eigenvalue weighted by Crippen LogP contribution is 2.24. The standard InChI is InChI=1S/C19H24O2/c20-16-10-3-1-6-12-18(13-7-2-4-11-17-21)19-14-8-5-9-15-19/h1-11,14-15,18,20-21H,12-13,16-17H2/b6-1+,7-2+,10-3+,11-4+. The van der Waals surface area contributed by atoms with E-state index in [0.29, 0.717) is 5.92 Å². The van der Waals surface area contributed by atoms with Gasteiger partial charge in [0.1, 0.15) is 0 Å². The zero-order valence-corrected chi connectivity index (χ0v) is 12.3. The van der Waals surface area contributed by atoms with E-state index in [1.807, 2.05) is 30.4 Å². The number of hydrogen-bond acceptors (Lipinski definition) is 2. The third kappa shape index (κ3) is 8.08. The molecule has 0 aliphatic heterocycles. The average Bonchev–Trinajstić information content (AvgIpc) is 2.53. The monoisotopic (exact) mass is 284 g/mol. The van der Waals surface area contributed by atoms with Crippen molar-refractivity contribution in [2.75, 3.05) is 13.2 Å². The lowest BCUT2D eigenvalue weighted by atomic mass is 9.92. The molecule has 0 heterocycles. The third-order valence-electron chi connectivity index (χ3n) is 3.09. The zero-order chi connectivity index (χ0) is 15.2. The summed E-state index contributed by atoms with van der Waals surface area (Å²) in [6.07, 6.45) is 17.3. The van der Waals surface area contributed by atoms with Crippen molar-refractivity contribution in [3.8, 4) is 0 Å². The topological polar surface area (TPSA) is 40.5 Å². The van der Waals surface area contributed by atoms with Crippen LogP contribution in [0.4, 0.5) is 0 Å². The normalized spacial score (nSPS) is 12.7. The Balaban J connectivity index is 2.62. The van der Waals surface area contributed by atoms with Crippen LogP contribution in [0.25, 0.3) is 0 Å². The van der Waals surface area contributed by atoms with Crippen molar-refractivity contribution in [3.05, 3.63) is 84.5 Å². The SMILES string of the molecule is OC/C=C/C=C/CC(C/C=C/C=C/CO)c1ccccc1. The van der Waals surface area contributed by atoms with Gasteiger partial charge in [-0.2, -0.15) is 0 Å². The summed E-state index contributed by atoms with van der Waals surface area (Å²) in [6, 6.07) is 10.5. The van der Waals surface area contributed by atoms with Crippen molar-refractivity contribution in [1.29, 1.82) is 0 Å². The highest BCUT2D eigenvalue weighted by molar-refractivity contribution is 5.22. The maximum Gasteiger partial charge on any atom is 0.0615 e. The van der Waals surface area contributed by atoms with Crippen LogP contribution < -0.4 is 0 Å². The molecule has 1 aromatic rings. The Morgan fingerprint density at radius 3 is 1.67 bits per heavy atom. The fourth-order valence-electron chi connectivity index (χ4n) is 2.02. The lowest BCUT2D eigenvalue weighted by molar-refractivity contribution is 0.342. The molecule has 2 heteroatoms. The van der Waals surface area contributed by atoms with Gasteiger partial charge in [-0.05, 0) is 24.3 Å². The molecular weight excluding hydrogens is 260 g/mol. The number of hydrogen-bond donors (Lipinski definition) is 2. The van der Waals surface area contributed by atoms with Crippen LogP contribution in [0.2, 0.25) is 0 Å². The van der Waals surface area contributed by atoms with Crippen LogP contribution in [0, 0.1) is 0 Å². The van der Waals surface area contributed by atoms with Gasteiger partial charge in [0.25, 0.3) is 0 Å². The summed E-state index contributed by atoms with van der Waals surface area (Å²) in [7, 11) is 0. The predicted octanol–water partition coefficient (Wildman–Crippen LogP) is 3.76. The molecule has 0 aromatic heterocycles. The van der Waals surface area contributed by atoms with Gasteiger partial charge < -0.3 is 10.2 Å². The molecule has 0 unspecified atom stereocenters. The summed E-state index contributed by atoms with van der Waals surface area (Å²) in [4.78, 5) is 0. The molecule has 0 bridgehead atoms. The maximum absolute atomic E-state index is 8.69. The fraction of sp³-hybridized carbons (Fsp3) is 0.263. The van der Waals surface area contributed by atoms with Gasteiger partial charge in [0.05, 0.1) is 13.2 Å². The molecule has 0 amide bonds. The summed E-state index contributed by atoms with van der Waals surface area (Å²) in [5.74, 6) is 0.434. The van der Waals surface area contributed by atoms with E-state index in [2.05, 4.69) is 36.4 Å². The van der Waals surface area contributed by atoms with E-state index in [9.17, 15) is 0 Å². The molecule has 0 spiro atoms. The van der Waals surface area contributed by atoms with E-state index in [-0.39, 0.29) is 13.2 Å². The quantitative estimate of drug-likeness (QED) is 0.678. The summed E-state index contributed by atoms with van der Waals surface area (Å²) in [5.41, 5.74) is 1.32. The first kappa shape index (κ1) is 17.2. The van der Waals surface area contributed by atoms with E-state index in [1.165, 1.54) is 5.56 Å². The summed E-state index contributed by atoms with van der Waals surface area (Å²) < 4.78 is 0. The highest BCUT2D eigenvalue weighted by Gasteiger charge is 2.07. The van der Waals surface area contributed by atoms with Crippen LogP contribution in [-0.2, 0) is 0 Å². The van der Waals surface area contributed by atoms with Crippen LogP contribution in [-0.4, -0.2) is 23.4 Å². The Labute approximate surface area is 127 Å². The second kappa shape index (κ2) is 11.9. The smallest absolute Gasteiger partial charge is 0.0615 e. The lowest BCUT2D eigenvalue weighted by Gasteiger charge is -2.13. The van der Waals surface area contributed by atoms with Gasteiger partial charge in [0, 0.05) is 0 Å². The average molecular weight is 284 g/mol. The fourth-order valence-corrected chi connectivity index (χ4v) is 2.02. The molecular formula is C19H24O2. The highest BCUT2D eigenvalue weighted by atomic mass is 16.3. The minimum Gasteiger partial charge on any atom is -0.392 e. The van der Waals surface area contributed by atoms with E-state index in [0.717, 1.165) is 12.8 Å². The Bertz CT molecular complexity index is 444. The first-order valence-corrected chi connectivity index (χ1v) is 7.28. The largest absolute Gasteiger partial charge is 0.392 e. The first-order valence-electron chi connectivity index (χ1n) is 7.28. The lowest BCUT2D eigenvalue weighted by Crippen LogP contribution is -1.95. The molecule has 1 aromatic carbocycles. The summed E-state index contributed by atoms with van der Waals surface area (Å²) in [6.45, 7) is 0.152. The van der Waals surface area contributed by atoms with Crippen LogP contribution >= 0.6 is 0 Å². The third-order valence-corrected chi connectivity index (χ3v) is 3.09. The van der Waals surface area contributed by atoms with Crippen molar-refractivity contribution < 1.29 is 10.2 Å². The van der Waals surface area contributed by atoms with Gasteiger partial charge in [-0.3, -0.25) is 0 Å². The van der Waals surface area contributed by atoms with E-state index < -0.39 is 0 Å². The molecule has 2 N–H and O–H groups in total. The van der Waals surface area contributed by atoms with Crippen molar-refractivity contribution in [3.63, 3.8) is 0 Å². The molecule has 0 aliphatic carbocycles. The second-order valence-corrected chi connectivity index (χ2v) is 4.66. The first-order chi connectivity index (χ1) is 10.4. The van der Waals surface area contributed by atoms with E-state index in [1.54, 1.807) is 12.2 Å². The predicted molar refractivity (Wildman–Crippen MR) is 89.1 cm³/mol. The second-order valence-electron chi connectivity index (χ2n) is 4.66. The summed E-state index contributed by atoms with van der Waals surface area (Å²) >= 11 is 0. The van der Waals surface area contributed by atoms with Crippen molar-refractivity contribution in [1.82, 2.24) is 0 Å². The minimum absolute atomic E-state index is 0.0758. The number of benzene rings is 1. The van der Waals surface area contributed by atoms with Gasteiger partial charge in [0.2, 0.25) is 0 Å². The Morgan fingerprint density at radius 2 is 1.19 bits per heavy atom. The molecule has 2 nitrogen and oxygen atoms in total. The van der Waals surface area contributed by atoms with Gasteiger partial charge in [0.15, 0.2) is 0 Å². The molecule has 1 rings (SSSR count). The van der Waals surface area contributed by atoms with Crippen LogP contribution in [0.5, 0.6) is 0 Å². The molecule has 0 saturated heterocycles. The Kier molecular flexibility index (Phi) is 9.71. The Morgan fingerprint density at radius 1 is 0.714 bits per heavy atom. The van der Waals surface area contributed by atoms with Gasteiger partial charge in [-0.15, -0.1) is 0 Å². The zero-order valence-electron chi connectivity index (χ0n) is 12.3. The van der Waals surface area contributed by atoms with Crippen LogP contribution in [0.15, 0.2) is 78.9 Å². The molecule has 0 fully saturated rings. The molecule has 112 valence electrons. The molecule has 21 heavy (non-hydrogen) atoms. The Hall–Kier alpha value is -1.90. The maximum atomic E-state index is 8.69. The van der Waals surface area contributed by atoms with Gasteiger partial charge in [-0.25, -0.2) is 0 Å². The van der Waals surface area contributed by atoms with Crippen molar-refractivity contribution >= 4 is 0 Å². The van der Waals surface area contributed by atoms with Crippen LogP contribution in [0.3, 0.4) is 0 Å². The molecule has 0 saturated carbocycles.